The van der Waals surface area contributed by atoms with E-state index in [1.54, 1.807) is 38.4 Å². The highest BCUT2D eigenvalue weighted by Crippen LogP contribution is 2.17. The summed E-state index contributed by atoms with van der Waals surface area (Å²) in [6, 6.07) is 8.68. The van der Waals surface area contributed by atoms with Crippen molar-refractivity contribution in [3.8, 4) is 0 Å². The number of nitrogens with one attached hydrogen (secondary N) is 2. The largest absolute Gasteiger partial charge is 0.359 e. The summed E-state index contributed by atoms with van der Waals surface area (Å²) in [6.07, 6.45) is 0. The normalized spacial score (nSPS) is 12.8. The van der Waals surface area contributed by atoms with E-state index in [-0.39, 0.29) is 10.9 Å². The molecule has 1 heterocycles. The summed E-state index contributed by atoms with van der Waals surface area (Å²) >= 11 is 0. The second kappa shape index (κ2) is 9.89. The van der Waals surface area contributed by atoms with Crippen LogP contribution in [-0.2, 0) is 23.1 Å². The van der Waals surface area contributed by atoms with Crippen LogP contribution in [0.3, 0.4) is 0 Å². The van der Waals surface area contributed by atoms with E-state index in [0.29, 0.717) is 25.0 Å². The van der Waals surface area contributed by atoms with E-state index in [9.17, 15) is 8.42 Å². The number of hydrogen-bond donors (Lipinski definition) is 2. The Balaban J connectivity index is 1.92. The molecule has 2 aromatic rings. The van der Waals surface area contributed by atoms with Crippen molar-refractivity contribution in [1.29, 1.82) is 0 Å². The Morgan fingerprint density at radius 3 is 2.28 bits per heavy atom. The number of aromatic nitrogens is 1. The first-order valence-electron chi connectivity index (χ1n) is 9.62. The zero-order chi connectivity index (χ0) is 21.6. The molecule has 29 heavy (non-hydrogen) atoms. The van der Waals surface area contributed by atoms with Crippen LogP contribution in [-0.4, -0.2) is 44.0 Å². The van der Waals surface area contributed by atoms with Crippen molar-refractivity contribution in [1.82, 2.24) is 20.1 Å². The zero-order valence-corrected chi connectivity index (χ0v) is 18.7. The molecule has 0 spiro atoms. The molecule has 9 heteroatoms. The van der Waals surface area contributed by atoms with Gasteiger partial charge in [-0.1, -0.05) is 31.1 Å². The van der Waals surface area contributed by atoms with Gasteiger partial charge in [-0.05, 0) is 37.5 Å². The lowest BCUT2D eigenvalue weighted by molar-refractivity contribution is 0.372. The maximum absolute atomic E-state index is 12.5. The van der Waals surface area contributed by atoms with E-state index in [0.717, 1.165) is 17.0 Å². The molecule has 2 rings (SSSR count). The third kappa shape index (κ3) is 6.04. The lowest BCUT2D eigenvalue weighted by Gasteiger charge is -2.21. The summed E-state index contributed by atoms with van der Waals surface area (Å²) in [7, 11) is -0.200. The van der Waals surface area contributed by atoms with Gasteiger partial charge < -0.3 is 15.2 Å². The van der Waals surface area contributed by atoms with Gasteiger partial charge in [-0.15, -0.1) is 0 Å². The molecule has 8 nitrogen and oxygen atoms in total. The van der Waals surface area contributed by atoms with Crippen LogP contribution in [0.15, 0.2) is 44.7 Å². The predicted octanol–water partition coefficient (Wildman–Crippen LogP) is 2.69. The van der Waals surface area contributed by atoms with Gasteiger partial charge in [0.25, 0.3) is 0 Å². The van der Waals surface area contributed by atoms with Crippen molar-refractivity contribution in [3.05, 3.63) is 47.3 Å². The average Bonchev–Trinajstić information content (AvgIpc) is 3.17. The molecule has 0 amide bonds. The quantitative estimate of drug-likeness (QED) is 0.502. The Bertz CT molecular complexity index is 918. The lowest BCUT2D eigenvalue weighted by Crippen LogP contribution is -2.36. The van der Waals surface area contributed by atoms with Gasteiger partial charge in [0.2, 0.25) is 10.0 Å². The highest BCUT2D eigenvalue weighted by atomic mass is 32.2. The maximum Gasteiger partial charge on any atom is 0.243 e. The highest BCUT2D eigenvalue weighted by molar-refractivity contribution is 7.89. The van der Waals surface area contributed by atoms with Crippen LogP contribution in [0, 0.1) is 0 Å². The summed E-state index contributed by atoms with van der Waals surface area (Å²) < 4.78 is 31.7. The summed E-state index contributed by atoms with van der Waals surface area (Å²) in [4.78, 5) is 4.47. The van der Waals surface area contributed by atoms with E-state index in [4.69, 9.17) is 4.52 Å². The number of guanidine groups is 1. The van der Waals surface area contributed by atoms with E-state index in [2.05, 4.69) is 34.6 Å². The first kappa shape index (κ1) is 22.9. The Labute approximate surface area is 173 Å². The molecular formula is C20H31N5O3S. The SMILES string of the molecule is CN=C(NCc1ccc(S(=O)(=O)N(C)C(C)C)cc1)NCc1cc(C(C)C)no1. The first-order chi connectivity index (χ1) is 13.6. The van der Waals surface area contributed by atoms with Gasteiger partial charge in [-0.3, -0.25) is 4.99 Å². The van der Waals surface area contributed by atoms with E-state index in [1.165, 1.54) is 4.31 Å². The van der Waals surface area contributed by atoms with Crippen LogP contribution in [0.4, 0.5) is 0 Å². The second-order valence-corrected chi connectivity index (χ2v) is 9.41. The van der Waals surface area contributed by atoms with Crippen LogP contribution in [0.2, 0.25) is 0 Å². The molecule has 0 aliphatic heterocycles. The van der Waals surface area contributed by atoms with Crippen LogP contribution in [0.5, 0.6) is 0 Å². The van der Waals surface area contributed by atoms with Gasteiger partial charge in [-0.25, -0.2) is 8.42 Å². The van der Waals surface area contributed by atoms with Crippen LogP contribution < -0.4 is 10.6 Å². The summed E-state index contributed by atoms with van der Waals surface area (Å²) in [6.45, 7) is 8.79. The molecule has 0 saturated carbocycles. The summed E-state index contributed by atoms with van der Waals surface area (Å²) in [5.41, 5.74) is 1.86. The molecule has 0 bridgehead atoms. The number of benzene rings is 1. The van der Waals surface area contributed by atoms with E-state index < -0.39 is 10.0 Å². The number of hydrogen-bond acceptors (Lipinski definition) is 5. The predicted molar refractivity (Wildman–Crippen MR) is 114 cm³/mol. The standard InChI is InChI=1S/C20H31N5O3S/c1-14(2)19-11-17(28-24-19)13-23-20(21-5)22-12-16-7-9-18(10-8-16)29(26,27)25(6)15(3)4/h7-11,14-15H,12-13H2,1-6H3,(H2,21,22,23). The van der Waals surface area contributed by atoms with Gasteiger partial charge in [0, 0.05) is 32.7 Å². The topological polar surface area (TPSA) is 99.8 Å². The lowest BCUT2D eigenvalue weighted by atomic mass is 10.1. The van der Waals surface area contributed by atoms with Gasteiger partial charge in [0.1, 0.15) is 0 Å². The molecule has 0 radical (unpaired) electrons. The van der Waals surface area contributed by atoms with Crippen molar-refractivity contribution in [2.75, 3.05) is 14.1 Å². The highest BCUT2D eigenvalue weighted by Gasteiger charge is 2.22. The fraction of sp³-hybridized carbons (Fsp3) is 0.500. The zero-order valence-electron chi connectivity index (χ0n) is 17.9. The minimum absolute atomic E-state index is 0.100. The Kier molecular flexibility index (Phi) is 7.80. The molecule has 160 valence electrons. The number of rotatable bonds is 8. The fourth-order valence-electron chi connectivity index (χ4n) is 2.48. The Hall–Kier alpha value is -2.39. The average molecular weight is 422 g/mol. The third-order valence-corrected chi connectivity index (χ3v) is 6.66. The smallest absolute Gasteiger partial charge is 0.243 e. The van der Waals surface area contributed by atoms with Gasteiger partial charge in [0.05, 0.1) is 17.1 Å². The molecule has 0 fully saturated rings. The Morgan fingerprint density at radius 2 is 1.76 bits per heavy atom. The minimum atomic E-state index is -3.47. The maximum atomic E-state index is 12.5. The van der Waals surface area contributed by atoms with Crippen LogP contribution in [0.25, 0.3) is 0 Å². The first-order valence-corrected chi connectivity index (χ1v) is 11.1. The second-order valence-electron chi connectivity index (χ2n) is 7.41. The Morgan fingerprint density at radius 1 is 1.14 bits per heavy atom. The monoisotopic (exact) mass is 421 g/mol. The van der Waals surface area contributed by atoms with Gasteiger partial charge >= 0.3 is 0 Å². The molecule has 0 saturated heterocycles. The molecule has 2 N–H and O–H groups in total. The number of nitrogens with zero attached hydrogens (tertiary/aromatic N) is 3. The molecule has 1 aromatic heterocycles. The molecule has 0 aliphatic rings. The summed E-state index contributed by atoms with van der Waals surface area (Å²) in [5, 5.41) is 10.4. The third-order valence-electron chi connectivity index (χ3n) is 4.61. The summed E-state index contributed by atoms with van der Waals surface area (Å²) in [5.74, 6) is 1.67. The molecule has 0 aliphatic carbocycles. The van der Waals surface area contributed by atoms with Crippen molar-refractivity contribution in [2.45, 2.75) is 57.6 Å². The van der Waals surface area contributed by atoms with Crippen LogP contribution in [0.1, 0.15) is 50.6 Å². The van der Waals surface area contributed by atoms with Gasteiger partial charge in [-0.2, -0.15) is 4.31 Å². The van der Waals surface area contributed by atoms with Crippen molar-refractivity contribution >= 4 is 16.0 Å². The number of aliphatic imine (C=N–C) groups is 1. The number of sulfonamides is 1. The van der Waals surface area contributed by atoms with E-state index in [1.807, 2.05) is 19.9 Å². The molecule has 0 atom stereocenters. The van der Waals surface area contributed by atoms with E-state index >= 15 is 0 Å². The van der Waals surface area contributed by atoms with Crippen molar-refractivity contribution < 1.29 is 12.9 Å². The van der Waals surface area contributed by atoms with Gasteiger partial charge in [0.15, 0.2) is 11.7 Å². The minimum Gasteiger partial charge on any atom is -0.359 e. The van der Waals surface area contributed by atoms with Crippen molar-refractivity contribution in [3.63, 3.8) is 0 Å². The molecule has 1 aromatic carbocycles. The van der Waals surface area contributed by atoms with Crippen molar-refractivity contribution in [2.24, 2.45) is 4.99 Å². The molecule has 0 unspecified atom stereocenters. The molecular weight excluding hydrogens is 390 g/mol. The fourth-order valence-corrected chi connectivity index (χ4v) is 3.85. The van der Waals surface area contributed by atoms with Crippen LogP contribution >= 0.6 is 0 Å².